The van der Waals surface area contributed by atoms with Crippen molar-refractivity contribution >= 4 is 6.09 Å². The van der Waals surface area contributed by atoms with Crippen LogP contribution in [0.5, 0.6) is 5.88 Å². The number of carbonyl (C=O) groups excluding carboxylic acids is 1. The largest absolute Gasteiger partial charge is 0.475 e. The van der Waals surface area contributed by atoms with Crippen LogP contribution in [0.2, 0.25) is 0 Å². The molecule has 6 heteroatoms. The molecule has 19 heavy (non-hydrogen) atoms. The van der Waals surface area contributed by atoms with Crippen molar-refractivity contribution in [2.24, 2.45) is 0 Å². The number of fused-ring (bicyclic) bond motifs is 1. The second-order valence-corrected chi connectivity index (χ2v) is 5.85. The molecular formula is C13H21N3O3. The van der Waals surface area contributed by atoms with E-state index >= 15 is 0 Å². The average Bonchev–Trinajstić information content (AvgIpc) is 2.51. The molecule has 0 radical (unpaired) electrons. The van der Waals surface area contributed by atoms with E-state index in [0.29, 0.717) is 13.2 Å². The van der Waals surface area contributed by atoms with Gasteiger partial charge in [-0.1, -0.05) is 0 Å². The van der Waals surface area contributed by atoms with Crippen molar-refractivity contribution in [2.75, 3.05) is 6.61 Å². The Balaban J connectivity index is 1.97. The number of rotatable bonds is 1. The summed E-state index contributed by atoms with van der Waals surface area (Å²) in [4.78, 5) is 11.7. The Hall–Kier alpha value is -1.72. The van der Waals surface area contributed by atoms with Gasteiger partial charge in [0.25, 0.3) is 0 Å². The Morgan fingerprint density at radius 2 is 2.16 bits per heavy atom. The van der Waals surface area contributed by atoms with Crippen molar-refractivity contribution in [3.8, 4) is 5.88 Å². The minimum absolute atomic E-state index is 0.124. The Bertz CT molecular complexity index is 488. The average molecular weight is 267 g/mol. The standard InChI is InChI=1S/C13H21N3O3/c1-8-9(2)15-16-6-10(7-18-11(8)16)14-12(17)19-13(3,4)5/h10H,6-7H2,1-5H3,(H,14,17). The van der Waals surface area contributed by atoms with Crippen LogP contribution in [0.25, 0.3) is 0 Å². The SMILES string of the molecule is Cc1nn2c(c1C)OCC(NC(=O)OC(C)(C)C)C2. The topological polar surface area (TPSA) is 65.4 Å². The number of ether oxygens (including phenoxy) is 2. The van der Waals surface area contributed by atoms with Crippen LogP contribution in [0, 0.1) is 13.8 Å². The molecule has 1 amide bonds. The molecule has 0 bridgehead atoms. The van der Waals surface area contributed by atoms with Crippen LogP contribution in [-0.4, -0.2) is 34.1 Å². The summed E-state index contributed by atoms with van der Waals surface area (Å²) in [6.45, 7) is 10.5. The molecule has 1 aliphatic rings. The van der Waals surface area contributed by atoms with Crippen molar-refractivity contribution < 1.29 is 14.3 Å². The first-order chi connectivity index (χ1) is 8.76. The number of aryl methyl sites for hydroxylation is 1. The van der Waals surface area contributed by atoms with Gasteiger partial charge >= 0.3 is 6.09 Å². The molecule has 1 aromatic heterocycles. The highest BCUT2D eigenvalue weighted by Crippen LogP contribution is 2.24. The fraction of sp³-hybridized carbons (Fsp3) is 0.692. The van der Waals surface area contributed by atoms with Crippen LogP contribution < -0.4 is 10.1 Å². The van der Waals surface area contributed by atoms with Gasteiger partial charge in [0, 0.05) is 5.56 Å². The maximum absolute atomic E-state index is 11.7. The van der Waals surface area contributed by atoms with Crippen LogP contribution in [0.4, 0.5) is 4.79 Å². The van der Waals surface area contributed by atoms with E-state index in [9.17, 15) is 4.79 Å². The molecule has 2 rings (SSSR count). The molecule has 1 N–H and O–H groups in total. The van der Waals surface area contributed by atoms with Gasteiger partial charge in [-0.25, -0.2) is 9.48 Å². The van der Waals surface area contributed by atoms with Crippen molar-refractivity contribution in [3.05, 3.63) is 11.3 Å². The zero-order chi connectivity index (χ0) is 14.2. The summed E-state index contributed by atoms with van der Waals surface area (Å²) in [6.07, 6.45) is -0.426. The van der Waals surface area contributed by atoms with Gasteiger partial charge in [-0.05, 0) is 34.6 Å². The summed E-state index contributed by atoms with van der Waals surface area (Å²) in [5.74, 6) is 0.791. The predicted molar refractivity (Wildman–Crippen MR) is 70.4 cm³/mol. The van der Waals surface area contributed by atoms with Crippen molar-refractivity contribution in [1.29, 1.82) is 0 Å². The van der Waals surface area contributed by atoms with E-state index in [4.69, 9.17) is 9.47 Å². The Morgan fingerprint density at radius 3 is 2.79 bits per heavy atom. The molecule has 0 saturated heterocycles. The van der Waals surface area contributed by atoms with Gasteiger partial charge in [0.15, 0.2) is 0 Å². The van der Waals surface area contributed by atoms with Crippen molar-refractivity contribution in [1.82, 2.24) is 15.1 Å². The number of alkyl carbamates (subject to hydrolysis) is 1. The fourth-order valence-electron chi connectivity index (χ4n) is 1.96. The van der Waals surface area contributed by atoms with Gasteiger partial charge in [-0.15, -0.1) is 0 Å². The number of hydrogen-bond donors (Lipinski definition) is 1. The van der Waals surface area contributed by atoms with E-state index in [2.05, 4.69) is 10.4 Å². The van der Waals surface area contributed by atoms with E-state index in [-0.39, 0.29) is 6.04 Å². The number of carbonyl (C=O) groups is 1. The maximum Gasteiger partial charge on any atom is 0.408 e. The smallest absolute Gasteiger partial charge is 0.408 e. The van der Waals surface area contributed by atoms with Crippen LogP contribution >= 0.6 is 0 Å². The van der Waals surface area contributed by atoms with Gasteiger partial charge in [0.1, 0.15) is 12.2 Å². The molecule has 0 saturated carbocycles. The molecule has 1 atom stereocenters. The fourth-order valence-corrected chi connectivity index (χ4v) is 1.96. The number of nitrogens with one attached hydrogen (secondary N) is 1. The summed E-state index contributed by atoms with van der Waals surface area (Å²) < 4.78 is 12.7. The molecule has 1 unspecified atom stereocenters. The Kier molecular flexibility index (Phi) is 3.43. The van der Waals surface area contributed by atoms with E-state index in [1.807, 2.05) is 34.6 Å². The molecule has 2 heterocycles. The van der Waals surface area contributed by atoms with Crippen molar-refractivity contribution in [2.45, 2.75) is 52.8 Å². The highest BCUT2D eigenvalue weighted by molar-refractivity contribution is 5.68. The minimum Gasteiger partial charge on any atom is -0.475 e. The quantitative estimate of drug-likeness (QED) is 0.842. The van der Waals surface area contributed by atoms with Gasteiger partial charge in [0.2, 0.25) is 5.88 Å². The minimum atomic E-state index is -0.496. The lowest BCUT2D eigenvalue weighted by Crippen LogP contribution is -2.46. The van der Waals surface area contributed by atoms with E-state index < -0.39 is 11.7 Å². The molecule has 0 aromatic carbocycles. The summed E-state index contributed by atoms with van der Waals surface area (Å²) in [5, 5.41) is 7.18. The number of hydrogen-bond acceptors (Lipinski definition) is 4. The molecule has 0 aliphatic carbocycles. The molecule has 0 spiro atoms. The lowest BCUT2D eigenvalue weighted by Gasteiger charge is -2.27. The maximum atomic E-state index is 11.7. The zero-order valence-electron chi connectivity index (χ0n) is 12.1. The lowest BCUT2D eigenvalue weighted by atomic mass is 10.2. The van der Waals surface area contributed by atoms with E-state index in [1.54, 1.807) is 4.68 Å². The van der Waals surface area contributed by atoms with Crippen LogP contribution in [0.3, 0.4) is 0 Å². The molecule has 6 nitrogen and oxygen atoms in total. The number of nitrogens with zero attached hydrogens (tertiary/aromatic N) is 2. The highest BCUT2D eigenvalue weighted by atomic mass is 16.6. The molecule has 1 aliphatic heterocycles. The summed E-state index contributed by atoms with van der Waals surface area (Å²) in [7, 11) is 0. The third-order valence-electron chi connectivity index (χ3n) is 2.90. The third-order valence-corrected chi connectivity index (χ3v) is 2.90. The summed E-state index contributed by atoms with van der Waals surface area (Å²) in [5.41, 5.74) is 1.51. The summed E-state index contributed by atoms with van der Waals surface area (Å²) in [6, 6.07) is -0.124. The Labute approximate surface area is 113 Å². The zero-order valence-corrected chi connectivity index (χ0v) is 12.1. The van der Waals surface area contributed by atoms with Gasteiger partial charge < -0.3 is 14.8 Å². The Morgan fingerprint density at radius 1 is 1.47 bits per heavy atom. The highest BCUT2D eigenvalue weighted by Gasteiger charge is 2.26. The van der Waals surface area contributed by atoms with E-state index in [0.717, 1.165) is 17.1 Å². The first kappa shape index (κ1) is 13.7. The third kappa shape index (κ3) is 3.19. The van der Waals surface area contributed by atoms with Crippen LogP contribution in [0.15, 0.2) is 0 Å². The van der Waals surface area contributed by atoms with E-state index in [1.165, 1.54) is 0 Å². The molecular weight excluding hydrogens is 246 g/mol. The second-order valence-electron chi connectivity index (χ2n) is 5.85. The van der Waals surface area contributed by atoms with Crippen molar-refractivity contribution in [3.63, 3.8) is 0 Å². The number of amides is 1. The second kappa shape index (κ2) is 4.75. The normalized spacial score (nSPS) is 18.5. The first-order valence-electron chi connectivity index (χ1n) is 6.42. The summed E-state index contributed by atoms with van der Waals surface area (Å²) >= 11 is 0. The molecule has 0 fully saturated rings. The first-order valence-corrected chi connectivity index (χ1v) is 6.42. The molecule has 1 aromatic rings. The van der Waals surface area contributed by atoms with Gasteiger partial charge in [0.05, 0.1) is 18.3 Å². The van der Waals surface area contributed by atoms with Crippen LogP contribution in [0.1, 0.15) is 32.0 Å². The van der Waals surface area contributed by atoms with Gasteiger partial charge in [-0.3, -0.25) is 0 Å². The predicted octanol–water partition coefficient (Wildman–Crippen LogP) is 1.79. The van der Waals surface area contributed by atoms with Crippen LogP contribution in [-0.2, 0) is 11.3 Å². The molecule has 106 valence electrons. The van der Waals surface area contributed by atoms with Gasteiger partial charge in [-0.2, -0.15) is 5.10 Å². The lowest BCUT2D eigenvalue weighted by molar-refractivity contribution is 0.0461. The number of aromatic nitrogens is 2. The monoisotopic (exact) mass is 267 g/mol.